The Kier molecular flexibility index (Phi) is 4.90. The SMILES string of the molecule is COc1ccc(CCNc2cc(Cl)nc(C=O)n2)cc1. The normalized spacial score (nSPS) is 10.1. The number of ether oxygens (including phenoxy) is 1. The van der Waals surface area contributed by atoms with E-state index in [1.807, 2.05) is 24.3 Å². The van der Waals surface area contributed by atoms with Crippen LogP contribution in [0.5, 0.6) is 5.75 Å². The van der Waals surface area contributed by atoms with Crippen LogP contribution in [0.25, 0.3) is 0 Å². The van der Waals surface area contributed by atoms with E-state index in [4.69, 9.17) is 16.3 Å². The highest BCUT2D eigenvalue weighted by molar-refractivity contribution is 6.29. The van der Waals surface area contributed by atoms with Crippen LogP contribution in [0, 0.1) is 0 Å². The molecule has 0 unspecified atom stereocenters. The molecule has 0 aliphatic heterocycles. The van der Waals surface area contributed by atoms with Gasteiger partial charge in [0.15, 0.2) is 12.1 Å². The van der Waals surface area contributed by atoms with Crippen molar-refractivity contribution < 1.29 is 9.53 Å². The fraction of sp³-hybridized carbons (Fsp3) is 0.214. The van der Waals surface area contributed by atoms with Gasteiger partial charge in [0.25, 0.3) is 0 Å². The first-order chi connectivity index (χ1) is 9.71. The third kappa shape index (κ3) is 3.93. The summed E-state index contributed by atoms with van der Waals surface area (Å²) in [5, 5.41) is 3.36. The second-order valence-corrected chi connectivity index (χ2v) is 4.46. The van der Waals surface area contributed by atoms with Gasteiger partial charge in [0.1, 0.15) is 16.7 Å². The molecule has 1 N–H and O–H groups in total. The minimum atomic E-state index is 0.0736. The first kappa shape index (κ1) is 14.3. The molecule has 2 aromatic rings. The average Bonchev–Trinajstić information content (AvgIpc) is 2.47. The predicted molar refractivity (Wildman–Crippen MR) is 77.6 cm³/mol. The number of hydrogen-bond donors (Lipinski definition) is 1. The van der Waals surface area contributed by atoms with E-state index >= 15 is 0 Å². The highest BCUT2D eigenvalue weighted by Gasteiger charge is 2.02. The summed E-state index contributed by atoms with van der Waals surface area (Å²) in [5.74, 6) is 1.45. The van der Waals surface area contributed by atoms with Crippen molar-refractivity contribution in [1.82, 2.24) is 9.97 Å². The molecule has 0 fully saturated rings. The Morgan fingerprint density at radius 3 is 2.70 bits per heavy atom. The van der Waals surface area contributed by atoms with E-state index in [1.54, 1.807) is 13.2 Å². The molecule has 5 nitrogen and oxygen atoms in total. The monoisotopic (exact) mass is 291 g/mol. The molecule has 0 bridgehead atoms. The largest absolute Gasteiger partial charge is 0.497 e. The molecule has 6 heteroatoms. The topological polar surface area (TPSA) is 64.1 Å². The zero-order chi connectivity index (χ0) is 14.4. The van der Waals surface area contributed by atoms with Crippen molar-refractivity contribution >= 4 is 23.7 Å². The molecule has 0 saturated heterocycles. The van der Waals surface area contributed by atoms with Gasteiger partial charge in [-0.2, -0.15) is 0 Å². The Morgan fingerprint density at radius 1 is 1.30 bits per heavy atom. The lowest BCUT2D eigenvalue weighted by atomic mass is 10.1. The van der Waals surface area contributed by atoms with Crippen LogP contribution in [0.1, 0.15) is 16.2 Å². The number of aldehydes is 1. The number of benzene rings is 1. The van der Waals surface area contributed by atoms with Crippen molar-refractivity contribution in [3.8, 4) is 5.75 Å². The van der Waals surface area contributed by atoms with E-state index in [9.17, 15) is 4.79 Å². The van der Waals surface area contributed by atoms with Gasteiger partial charge in [-0.05, 0) is 24.1 Å². The maximum Gasteiger partial charge on any atom is 0.196 e. The van der Waals surface area contributed by atoms with Gasteiger partial charge < -0.3 is 10.1 Å². The molecule has 104 valence electrons. The van der Waals surface area contributed by atoms with Crippen LogP contribution >= 0.6 is 11.6 Å². The van der Waals surface area contributed by atoms with Crippen LogP contribution in [0.3, 0.4) is 0 Å². The lowest BCUT2D eigenvalue weighted by molar-refractivity contribution is 0.111. The van der Waals surface area contributed by atoms with E-state index in [2.05, 4.69) is 15.3 Å². The molecule has 0 amide bonds. The first-order valence-electron chi connectivity index (χ1n) is 6.08. The molecule has 1 aromatic carbocycles. The standard InChI is InChI=1S/C14H14ClN3O2/c1-20-11-4-2-10(3-5-11)6-7-16-13-8-12(15)17-14(9-19)18-13/h2-5,8-9H,6-7H2,1H3,(H,16,17,18). The summed E-state index contributed by atoms with van der Waals surface area (Å²) in [6, 6.07) is 9.43. The minimum Gasteiger partial charge on any atom is -0.497 e. The van der Waals surface area contributed by atoms with Gasteiger partial charge >= 0.3 is 0 Å². The molecule has 0 aliphatic rings. The van der Waals surface area contributed by atoms with Gasteiger partial charge in [0.05, 0.1) is 7.11 Å². The van der Waals surface area contributed by atoms with Crippen molar-refractivity contribution in [3.63, 3.8) is 0 Å². The summed E-state index contributed by atoms with van der Waals surface area (Å²) >= 11 is 5.79. The smallest absolute Gasteiger partial charge is 0.196 e. The Balaban J connectivity index is 1.91. The number of nitrogens with zero attached hydrogens (tertiary/aromatic N) is 2. The maximum absolute atomic E-state index is 10.6. The number of nitrogens with one attached hydrogen (secondary N) is 1. The highest BCUT2D eigenvalue weighted by atomic mass is 35.5. The molecule has 0 atom stereocenters. The quantitative estimate of drug-likeness (QED) is 0.655. The fourth-order valence-electron chi connectivity index (χ4n) is 1.71. The molecule has 0 spiro atoms. The average molecular weight is 292 g/mol. The molecule has 2 rings (SSSR count). The van der Waals surface area contributed by atoms with Gasteiger partial charge in [-0.3, -0.25) is 4.79 Å². The lowest BCUT2D eigenvalue weighted by Gasteiger charge is -2.07. The molecular formula is C14H14ClN3O2. The van der Waals surface area contributed by atoms with Crippen molar-refractivity contribution in [3.05, 3.63) is 46.9 Å². The summed E-state index contributed by atoms with van der Waals surface area (Å²) < 4.78 is 5.10. The summed E-state index contributed by atoms with van der Waals surface area (Å²) in [6.07, 6.45) is 1.39. The number of carbonyl (C=O) groups is 1. The van der Waals surface area contributed by atoms with E-state index in [0.29, 0.717) is 18.6 Å². The van der Waals surface area contributed by atoms with Crippen molar-refractivity contribution in [2.24, 2.45) is 0 Å². The number of carbonyl (C=O) groups excluding carboxylic acids is 1. The van der Waals surface area contributed by atoms with E-state index in [1.165, 1.54) is 5.56 Å². The number of halogens is 1. The third-order valence-corrected chi connectivity index (χ3v) is 2.89. The molecular weight excluding hydrogens is 278 g/mol. The van der Waals surface area contributed by atoms with Gasteiger partial charge in [0, 0.05) is 12.6 Å². The van der Waals surface area contributed by atoms with Crippen LogP contribution in [-0.4, -0.2) is 29.9 Å². The Labute approximate surface area is 122 Å². The van der Waals surface area contributed by atoms with Crippen LogP contribution in [0.2, 0.25) is 5.15 Å². The van der Waals surface area contributed by atoms with E-state index in [-0.39, 0.29) is 11.0 Å². The zero-order valence-corrected chi connectivity index (χ0v) is 11.7. The van der Waals surface area contributed by atoms with E-state index < -0.39 is 0 Å². The molecule has 0 radical (unpaired) electrons. The number of anilines is 1. The summed E-state index contributed by atoms with van der Waals surface area (Å²) in [5.41, 5.74) is 1.18. The highest BCUT2D eigenvalue weighted by Crippen LogP contribution is 2.13. The third-order valence-electron chi connectivity index (χ3n) is 2.70. The summed E-state index contributed by atoms with van der Waals surface area (Å²) in [4.78, 5) is 18.4. The van der Waals surface area contributed by atoms with Crippen molar-refractivity contribution in [2.75, 3.05) is 19.0 Å². The summed E-state index contributed by atoms with van der Waals surface area (Å²) in [6.45, 7) is 0.679. The van der Waals surface area contributed by atoms with Crippen LogP contribution in [-0.2, 0) is 6.42 Å². The number of aromatic nitrogens is 2. The molecule has 0 saturated carbocycles. The Morgan fingerprint density at radius 2 is 2.05 bits per heavy atom. The number of methoxy groups -OCH3 is 1. The second kappa shape index (κ2) is 6.86. The lowest BCUT2D eigenvalue weighted by Crippen LogP contribution is -2.08. The van der Waals surface area contributed by atoms with Crippen LogP contribution < -0.4 is 10.1 Å². The fourth-order valence-corrected chi connectivity index (χ4v) is 1.90. The van der Waals surface area contributed by atoms with E-state index in [0.717, 1.165) is 12.2 Å². The van der Waals surface area contributed by atoms with Crippen LogP contribution in [0.4, 0.5) is 5.82 Å². The maximum atomic E-state index is 10.6. The Hall–Kier alpha value is -2.14. The number of hydrogen-bond acceptors (Lipinski definition) is 5. The van der Waals surface area contributed by atoms with Crippen molar-refractivity contribution in [2.45, 2.75) is 6.42 Å². The van der Waals surface area contributed by atoms with Gasteiger partial charge in [-0.15, -0.1) is 0 Å². The minimum absolute atomic E-state index is 0.0736. The Bertz CT molecular complexity index is 587. The predicted octanol–water partition coefficient (Wildman–Crippen LogP) is 2.61. The first-order valence-corrected chi connectivity index (χ1v) is 6.45. The van der Waals surface area contributed by atoms with Gasteiger partial charge in [-0.1, -0.05) is 23.7 Å². The van der Waals surface area contributed by atoms with Gasteiger partial charge in [-0.25, -0.2) is 9.97 Å². The second-order valence-electron chi connectivity index (χ2n) is 4.08. The molecule has 1 heterocycles. The molecule has 0 aliphatic carbocycles. The summed E-state index contributed by atoms with van der Waals surface area (Å²) in [7, 11) is 1.64. The van der Waals surface area contributed by atoms with Crippen LogP contribution in [0.15, 0.2) is 30.3 Å². The molecule has 1 aromatic heterocycles. The number of rotatable bonds is 6. The zero-order valence-electron chi connectivity index (χ0n) is 11.0. The van der Waals surface area contributed by atoms with Gasteiger partial charge in [0.2, 0.25) is 0 Å². The van der Waals surface area contributed by atoms with Crippen molar-refractivity contribution in [1.29, 1.82) is 0 Å². The molecule has 20 heavy (non-hydrogen) atoms.